The van der Waals surface area contributed by atoms with Crippen LogP contribution < -0.4 is 4.74 Å². The third-order valence-electron chi connectivity index (χ3n) is 4.55. The first-order valence-electron chi connectivity index (χ1n) is 7.15. The third-order valence-corrected chi connectivity index (χ3v) is 4.55. The normalized spacial score (nSPS) is 17.9. The molecule has 2 rings (SSSR count). The fraction of sp³-hybridized carbons (Fsp3) is 0.562. The topological polar surface area (TPSA) is 49.8 Å². The van der Waals surface area contributed by atoms with Crippen molar-refractivity contribution in [3.8, 4) is 11.5 Å². The summed E-state index contributed by atoms with van der Waals surface area (Å²) in [6.45, 7) is 6.00. The zero-order valence-corrected chi connectivity index (χ0v) is 12.5. The van der Waals surface area contributed by atoms with E-state index in [4.69, 9.17) is 4.74 Å². The van der Waals surface area contributed by atoms with Gasteiger partial charge in [0.05, 0.1) is 12.7 Å². The maximum atomic E-state index is 12.4. The third kappa shape index (κ3) is 2.89. The molecule has 1 fully saturated rings. The Labute approximate surface area is 120 Å². The van der Waals surface area contributed by atoms with Crippen molar-refractivity contribution < 1.29 is 14.6 Å². The van der Waals surface area contributed by atoms with E-state index < -0.39 is 0 Å². The average Bonchev–Trinajstić information content (AvgIpc) is 2.47. The van der Waals surface area contributed by atoms with Gasteiger partial charge in [0.25, 0.3) is 5.91 Å². The molecule has 0 atom stereocenters. The van der Waals surface area contributed by atoms with Gasteiger partial charge in [-0.05, 0) is 30.4 Å². The highest BCUT2D eigenvalue weighted by atomic mass is 16.5. The van der Waals surface area contributed by atoms with Crippen molar-refractivity contribution in [2.75, 3.05) is 20.2 Å². The maximum Gasteiger partial charge on any atom is 0.257 e. The van der Waals surface area contributed by atoms with Crippen molar-refractivity contribution in [2.45, 2.75) is 33.1 Å². The number of benzene rings is 1. The lowest BCUT2D eigenvalue weighted by molar-refractivity contribution is 0.0597. The van der Waals surface area contributed by atoms with E-state index >= 15 is 0 Å². The number of aromatic hydroxyl groups is 1. The monoisotopic (exact) mass is 277 g/mol. The molecule has 0 spiro atoms. The van der Waals surface area contributed by atoms with Gasteiger partial charge < -0.3 is 14.7 Å². The summed E-state index contributed by atoms with van der Waals surface area (Å²) in [6.07, 6.45) is 3.18. The quantitative estimate of drug-likeness (QED) is 0.923. The molecule has 0 radical (unpaired) electrons. The van der Waals surface area contributed by atoms with Crippen LogP contribution in [0.2, 0.25) is 0 Å². The van der Waals surface area contributed by atoms with E-state index in [1.807, 2.05) is 4.90 Å². The van der Waals surface area contributed by atoms with Gasteiger partial charge in [-0.2, -0.15) is 0 Å². The Morgan fingerprint density at radius 2 is 2.05 bits per heavy atom. The molecule has 20 heavy (non-hydrogen) atoms. The molecule has 4 heteroatoms. The summed E-state index contributed by atoms with van der Waals surface area (Å²) in [5.41, 5.74) is 0.699. The van der Waals surface area contributed by atoms with Crippen LogP contribution in [0, 0.1) is 5.41 Å². The number of hydrogen-bond acceptors (Lipinski definition) is 3. The molecular weight excluding hydrogens is 254 g/mol. The van der Waals surface area contributed by atoms with Crippen molar-refractivity contribution in [1.82, 2.24) is 4.90 Å². The second kappa shape index (κ2) is 5.73. The second-order valence-corrected chi connectivity index (χ2v) is 5.84. The van der Waals surface area contributed by atoms with Gasteiger partial charge in [-0.25, -0.2) is 0 Å². The minimum absolute atomic E-state index is 0.0156. The first-order chi connectivity index (χ1) is 9.49. The van der Waals surface area contributed by atoms with Gasteiger partial charge >= 0.3 is 0 Å². The number of amides is 1. The number of phenols is 1. The SMILES string of the molecule is CCC1(C)CCN(C(=O)c2ccc(OC)cc2O)CC1. The molecule has 0 saturated carbocycles. The van der Waals surface area contributed by atoms with Crippen molar-refractivity contribution in [1.29, 1.82) is 0 Å². The number of phenolic OH excluding ortho intramolecular Hbond substituents is 1. The molecule has 0 aliphatic carbocycles. The van der Waals surface area contributed by atoms with E-state index in [1.165, 1.54) is 13.2 Å². The predicted octanol–water partition coefficient (Wildman–Crippen LogP) is 3.05. The van der Waals surface area contributed by atoms with Crippen LogP contribution in [0.1, 0.15) is 43.5 Å². The van der Waals surface area contributed by atoms with Gasteiger partial charge in [0.15, 0.2) is 0 Å². The second-order valence-electron chi connectivity index (χ2n) is 5.84. The van der Waals surface area contributed by atoms with Crippen LogP contribution >= 0.6 is 0 Å². The highest BCUT2D eigenvalue weighted by Gasteiger charge is 2.31. The van der Waals surface area contributed by atoms with Gasteiger partial charge in [0.1, 0.15) is 11.5 Å². The molecule has 1 aromatic rings. The first-order valence-corrected chi connectivity index (χ1v) is 7.15. The Morgan fingerprint density at radius 3 is 2.55 bits per heavy atom. The highest BCUT2D eigenvalue weighted by Crippen LogP contribution is 2.35. The minimum atomic E-state index is -0.0942. The Balaban J connectivity index is 2.09. The molecule has 1 aromatic carbocycles. The van der Waals surface area contributed by atoms with Crippen LogP contribution in [0.25, 0.3) is 0 Å². The molecule has 4 nitrogen and oxygen atoms in total. The molecule has 0 bridgehead atoms. The van der Waals surface area contributed by atoms with E-state index in [1.54, 1.807) is 12.1 Å². The lowest BCUT2D eigenvalue weighted by atomic mass is 9.78. The number of methoxy groups -OCH3 is 1. The zero-order valence-electron chi connectivity index (χ0n) is 12.5. The summed E-state index contributed by atoms with van der Waals surface area (Å²) in [5.74, 6) is 0.442. The number of piperidine rings is 1. The van der Waals surface area contributed by atoms with Crippen LogP contribution in [0.3, 0.4) is 0 Å². The van der Waals surface area contributed by atoms with Crippen LogP contribution in [-0.2, 0) is 0 Å². The van der Waals surface area contributed by atoms with E-state index in [0.717, 1.165) is 32.4 Å². The Kier molecular flexibility index (Phi) is 4.21. The van der Waals surface area contributed by atoms with E-state index in [2.05, 4.69) is 13.8 Å². The van der Waals surface area contributed by atoms with Crippen LogP contribution in [0.5, 0.6) is 11.5 Å². The maximum absolute atomic E-state index is 12.4. The van der Waals surface area contributed by atoms with Gasteiger partial charge in [-0.15, -0.1) is 0 Å². The van der Waals surface area contributed by atoms with E-state index in [-0.39, 0.29) is 11.7 Å². The molecule has 1 amide bonds. The number of carbonyl (C=O) groups is 1. The number of ether oxygens (including phenoxy) is 1. The molecule has 0 aromatic heterocycles. The number of nitrogens with zero attached hydrogens (tertiary/aromatic N) is 1. The largest absolute Gasteiger partial charge is 0.507 e. The summed E-state index contributed by atoms with van der Waals surface area (Å²) in [6, 6.07) is 4.81. The van der Waals surface area contributed by atoms with E-state index in [9.17, 15) is 9.90 Å². The lowest BCUT2D eigenvalue weighted by Gasteiger charge is -2.39. The van der Waals surface area contributed by atoms with Crippen molar-refractivity contribution >= 4 is 5.91 Å². The Morgan fingerprint density at radius 1 is 1.40 bits per heavy atom. The predicted molar refractivity (Wildman–Crippen MR) is 78.2 cm³/mol. The van der Waals surface area contributed by atoms with Crippen molar-refractivity contribution in [3.63, 3.8) is 0 Å². The smallest absolute Gasteiger partial charge is 0.257 e. The lowest BCUT2D eigenvalue weighted by Crippen LogP contribution is -2.41. The minimum Gasteiger partial charge on any atom is -0.507 e. The molecule has 1 aliphatic heterocycles. The molecule has 0 unspecified atom stereocenters. The van der Waals surface area contributed by atoms with Gasteiger partial charge in [-0.3, -0.25) is 4.79 Å². The molecular formula is C16H23NO3. The summed E-state index contributed by atoms with van der Waals surface area (Å²) in [7, 11) is 1.53. The number of carbonyl (C=O) groups excluding carboxylic acids is 1. The molecule has 1 heterocycles. The number of likely N-dealkylation sites (tertiary alicyclic amines) is 1. The van der Waals surface area contributed by atoms with Crippen molar-refractivity contribution in [3.05, 3.63) is 23.8 Å². The van der Waals surface area contributed by atoms with Crippen molar-refractivity contribution in [2.24, 2.45) is 5.41 Å². The van der Waals surface area contributed by atoms with Gasteiger partial charge in [-0.1, -0.05) is 20.3 Å². The van der Waals surface area contributed by atoms with Crippen LogP contribution in [-0.4, -0.2) is 36.1 Å². The van der Waals surface area contributed by atoms with Gasteiger partial charge in [0.2, 0.25) is 0 Å². The highest BCUT2D eigenvalue weighted by molar-refractivity contribution is 5.97. The Bertz CT molecular complexity index is 490. The van der Waals surface area contributed by atoms with Gasteiger partial charge in [0, 0.05) is 19.2 Å². The molecule has 1 saturated heterocycles. The fourth-order valence-electron chi connectivity index (χ4n) is 2.59. The molecule has 110 valence electrons. The Hall–Kier alpha value is -1.71. The summed E-state index contributed by atoms with van der Waals surface area (Å²) in [4.78, 5) is 14.3. The fourth-order valence-corrected chi connectivity index (χ4v) is 2.59. The zero-order chi connectivity index (χ0) is 14.8. The van der Waals surface area contributed by atoms with E-state index in [0.29, 0.717) is 16.7 Å². The molecule has 1 N–H and O–H groups in total. The summed E-state index contributed by atoms with van der Waals surface area (Å²) >= 11 is 0. The van der Waals surface area contributed by atoms with Crippen LogP contribution in [0.15, 0.2) is 18.2 Å². The summed E-state index contributed by atoms with van der Waals surface area (Å²) in [5, 5.41) is 9.94. The standard InChI is InChI=1S/C16H23NO3/c1-4-16(2)7-9-17(10-8-16)15(19)13-6-5-12(20-3)11-14(13)18/h5-6,11,18H,4,7-10H2,1-3H3. The number of hydrogen-bond donors (Lipinski definition) is 1. The molecule has 1 aliphatic rings. The van der Waals surface area contributed by atoms with Crippen LogP contribution in [0.4, 0.5) is 0 Å². The number of rotatable bonds is 3. The first kappa shape index (κ1) is 14.7. The average molecular weight is 277 g/mol. The summed E-state index contributed by atoms with van der Waals surface area (Å²) < 4.78 is 5.03.